The third-order valence-corrected chi connectivity index (χ3v) is 6.60. The molecule has 1 unspecified atom stereocenters. The van der Waals surface area contributed by atoms with Gasteiger partial charge in [-0.15, -0.1) is 0 Å². The first-order chi connectivity index (χ1) is 13.6. The van der Waals surface area contributed by atoms with Gasteiger partial charge in [0.15, 0.2) is 9.84 Å². The second kappa shape index (κ2) is 8.69. The van der Waals surface area contributed by atoms with Crippen molar-refractivity contribution in [3.63, 3.8) is 0 Å². The zero-order valence-corrected chi connectivity index (χ0v) is 18.1. The number of hydrogen-bond donors (Lipinski definition) is 3. The number of aliphatic hydroxyl groups excluding tert-OH is 1. The zero-order chi connectivity index (χ0) is 21.2. The fourth-order valence-corrected chi connectivity index (χ4v) is 5.18. The standard InChI is InChI=1S/C20H25ClN4O3S/c1-12(2)10-29(27,28)11-16-6-7-22-20(24-16)23-13(3)17-9-14-8-15(21)4-5-18(14)25-19(17)26/h4-9,12-13,19,25-26H,10-11H2,1-3H3,(H,22,23,24)/t13-,19?/m0/s1. The summed E-state index contributed by atoms with van der Waals surface area (Å²) in [6.07, 6.45) is 2.53. The molecule has 1 aromatic heterocycles. The maximum absolute atomic E-state index is 12.2. The van der Waals surface area contributed by atoms with Gasteiger partial charge in [-0.3, -0.25) is 0 Å². The van der Waals surface area contributed by atoms with Gasteiger partial charge in [-0.2, -0.15) is 0 Å². The van der Waals surface area contributed by atoms with E-state index in [2.05, 4.69) is 20.6 Å². The monoisotopic (exact) mass is 436 g/mol. The Balaban J connectivity index is 1.76. The highest BCUT2D eigenvalue weighted by Crippen LogP contribution is 2.30. The molecule has 0 saturated carbocycles. The summed E-state index contributed by atoms with van der Waals surface area (Å²) in [5.41, 5.74) is 2.80. The van der Waals surface area contributed by atoms with E-state index in [1.54, 1.807) is 12.1 Å². The lowest BCUT2D eigenvalue weighted by Gasteiger charge is -2.28. The van der Waals surface area contributed by atoms with E-state index in [1.807, 2.05) is 39.0 Å². The Morgan fingerprint density at radius 2 is 2.03 bits per heavy atom. The lowest BCUT2D eigenvalue weighted by atomic mass is 9.98. The van der Waals surface area contributed by atoms with Gasteiger partial charge in [0.25, 0.3) is 0 Å². The Hall–Kier alpha value is -2.16. The molecule has 0 radical (unpaired) electrons. The van der Waals surface area contributed by atoms with Crippen LogP contribution < -0.4 is 10.6 Å². The molecule has 1 aliphatic heterocycles. The number of benzene rings is 1. The Labute approximate surface area is 176 Å². The van der Waals surface area contributed by atoms with Crippen LogP contribution in [0.15, 0.2) is 36.0 Å². The molecule has 0 spiro atoms. The maximum atomic E-state index is 12.2. The number of nitrogens with zero attached hydrogens (tertiary/aromatic N) is 2. The lowest BCUT2D eigenvalue weighted by molar-refractivity contribution is 0.234. The largest absolute Gasteiger partial charge is 0.370 e. The molecule has 2 atom stereocenters. The highest BCUT2D eigenvalue weighted by Gasteiger charge is 2.24. The van der Waals surface area contributed by atoms with Crippen LogP contribution in [-0.2, 0) is 15.6 Å². The van der Waals surface area contributed by atoms with Crippen LogP contribution >= 0.6 is 11.6 Å². The topological polar surface area (TPSA) is 104 Å². The number of anilines is 2. The average Bonchev–Trinajstić information content (AvgIpc) is 2.60. The molecule has 2 heterocycles. The van der Waals surface area contributed by atoms with E-state index in [1.165, 1.54) is 6.20 Å². The van der Waals surface area contributed by atoms with E-state index in [9.17, 15) is 13.5 Å². The number of rotatable bonds is 7. The molecule has 1 aromatic carbocycles. The summed E-state index contributed by atoms with van der Waals surface area (Å²) >= 11 is 6.07. The van der Waals surface area contributed by atoms with Crippen LogP contribution in [0.2, 0.25) is 5.02 Å². The normalized spacial score (nSPS) is 17.3. The van der Waals surface area contributed by atoms with Gasteiger partial charge in [-0.25, -0.2) is 18.4 Å². The Bertz CT molecular complexity index is 1020. The molecule has 0 amide bonds. The van der Waals surface area contributed by atoms with Gasteiger partial charge in [0.05, 0.1) is 23.2 Å². The number of hydrogen-bond acceptors (Lipinski definition) is 7. The van der Waals surface area contributed by atoms with E-state index in [0.717, 1.165) is 11.3 Å². The second-order valence-electron chi connectivity index (χ2n) is 7.61. The minimum atomic E-state index is -3.24. The fraction of sp³-hybridized carbons (Fsp3) is 0.400. The third kappa shape index (κ3) is 5.68. The van der Waals surface area contributed by atoms with Crippen molar-refractivity contribution in [2.24, 2.45) is 5.92 Å². The molecule has 3 N–H and O–H groups in total. The van der Waals surface area contributed by atoms with E-state index in [4.69, 9.17) is 11.6 Å². The number of fused-ring (bicyclic) bond motifs is 1. The van der Waals surface area contributed by atoms with E-state index in [0.29, 0.717) is 22.2 Å². The quantitative estimate of drug-likeness (QED) is 0.611. The predicted molar refractivity (Wildman–Crippen MR) is 117 cm³/mol. The summed E-state index contributed by atoms with van der Waals surface area (Å²) in [4.78, 5) is 8.51. The molecule has 0 aliphatic carbocycles. The molecule has 0 bridgehead atoms. The molecule has 156 valence electrons. The summed E-state index contributed by atoms with van der Waals surface area (Å²) < 4.78 is 24.5. The van der Waals surface area contributed by atoms with Crippen molar-refractivity contribution in [2.75, 3.05) is 16.4 Å². The van der Waals surface area contributed by atoms with Crippen LogP contribution in [-0.4, -0.2) is 41.5 Å². The molecule has 7 nitrogen and oxygen atoms in total. The highest BCUT2D eigenvalue weighted by molar-refractivity contribution is 7.90. The van der Waals surface area contributed by atoms with Crippen LogP contribution in [0.25, 0.3) is 6.08 Å². The van der Waals surface area contributed by atoms with Crippen molar-refractivity contribution in [3.8, 4) is 0 Å². The van der Waals surface area contributed by atoms with Gasteiger partial charge in [0.2, 0.25) is 5.95 Å². The number of aliphatic hydroxyl groups is 1. The molecule has 9 heteroatoms. The lowest BCUT2D eigenvalue weighted by Crippen LogP contribution is -2.34. The molecule has 2 aromatic rings. The molecular formula is C20H25ClN4O3S. The Morgan fingerprint density at radius 1 is 1.28 bits per heavy atom. The zero-order valence-electron chi connectivity index (χ0n) is 16.6. The van der Waals surface area contributed by atoms with Gasteiger partial charge in [0, 0.05) is 22.5 Å². The van der Waals surface area contributed by atoms with Crippen LogP contribution in [0.3, 0.4) is 0 Å². The van der Waals surface area contributed by atoms with Crippen molar-refractivity contribution >= 4 is 39.1 Å². The number of halogens is 1. The highest BCUT2D eigenvalue weighted by atomic mass is 35.5. The second-order valence-corrected chi connectivity index (χ2v) is 10.2. The van der Waals surface area contributed by atoms with Crippen LogP contribution in [0.1, 0.15) is 32.0 Å². The maximum Gasteiger partial charge on any atom is 0.223 e. The average molecular weight is 437 g/mol. The van der Waals surface area contributed by atoms with Crippen LogP contribution in [0.5, 0.6) is 0 Å². The van der Waals surface area contributed by atoms with Gasteiger partial charge in [-0.05, 0) is 48.7 Å². The number of aromatic nitrogens is 2. The summed E-state index contributed by atoms with van der Waals surface area (Å²) in [5, 5.41) is 17.2. The van der Waals surface area contributed by atoms with E-state index < -0.39 is 16.1 Å². The van der Waals surface area contributed by atoms with E-state index >= 15 is 0 Å². The first-order valence-electron chi connectivity index (χ1n) is 9.37. The van der Waals surface area contributed by atoms with Crippen LogP contribution in [0, 0.1) is 5.92 Å². The van der Waals surface area contributed by atoms with Gasteiger partial charge in [0.1, 0.15) is 6.23 Å². The van der Waals surface area contributed by atoms with Crippen LogP contribution in [0.4, 0.5) is 11.6 Å². The smallest absolute Gasteiger partial charge is 0.223 e. The molecule has 1 aliphatic rings. The van der Waals surface area contributed by atoms with Crippen molar-refractivity contribution in [3.05, 3.63) is 52.3 Å². The summed E-state index contributed by atoms with van der Waals surface area (Å²) in [6, 6.07) is 6.69. The van der Waals surface area contributed by atoms with Gasteiger partial charge >= 0.3 is 0 Å². The third-order valence-electron chi connectivity index (χ3n) is 4.46. The molecule has 3 rings (SSSR count). The fourth-order valence-electron chi connectivity index (χ4n) is 3.25. The number of sulfone groups is 1. The first-order valence-corrected chi connectivity index (χ1v) is 11.6. The Kier molecular flexibility index (Phi) is 6.45. The van der Waals surface area contributed by atoms with Gasteiger partial charge < -0.3 is 15.7 Å². The summed E-state index contributed by atoms with van der Waals surface area (Å²) in [6.45, 7) is 5.61. The molecule has 29 heavy (non-hydrogen) atoms. The van der Waals surface area contributed by atoms with Crippen molar-refractivity contribution < 1.29 is 13.5 Å². The van der Waals surface area contributed by atoms with Crippen molar-refractivity contribution in [2.45, 2.75) is 38.8 Å². The first kappa shape index (κ1) is 21.5. The molecule has 0 saturated heterocycles. The minimum Gasteiger partial charge on any atom is -0.370 e. The summed E-state index contributed by atoms with van der Waals surface area (Å²) in [5.74, 6) is 0.348. The van der Waals surface area contributed by atoms with E-state index in [-0.39, 0.29) is 23.5 Å². The minimum absolute atomic E-state index is 0.0584. The molecule has 0 fully saturated rings. The number of nitrogens with one attached hydrogen (secondary N) is 2. The van der Waals surface area contributed by atoms with Crippen molar-refractivity contribution in [1.29, 1.82) is 0 Å². The molecular weight excluding hydrogens is 412 g/mol. The SMILES string of the molecule is CC(C)CS(=O)(=O)Cc1ccnc(N[C@@H](C)C2=Cc3cc(Cl)ccc3NC2O)n1. The summed E-state index contributed by atoms with van der Waals surface area (Å²) in [7, 11) is -3.24. The Morgan fingerprint density at radius 3 is 2.76 bits per heavy atom. The van der Waals surface area contributed by atoms with Gasteiger partial charge in [-0.1, -0.05) is 25.4 Å². The predicted octanol–water partition coefficient (Wildman–Crippen LogP) is 3.33. The van der Waals surface area contributed by atoms with Crippen molar-refractivity contribution in [1.82, 2.24) is 9.97 Å².